The molecule has 0 aliphatic carbocycles. The second kappa shape index (κ2) is 3.86. The van der Waals surface area contributed by atoms with Crippen LogP contribution in [-0.4, -0.2) is 9.38 Å². The van der Waals surface area contributed by atoms with Gasteiger partial charge in [0, 0.05) is 11.8 Å². The topological polar surface area (TPSA) is 17.3 Å². The molecule has 2 heterocycles. The van der Waals surface area contributed by atoms with Crippen molar-refractivity contribution < 1.29 is 4.39 Å². The van der Waals surface area contributed by atoms with Gasteiger partial charge < -0.3 is 0 Å². The Kier molecular flexibility index (Phi) is 2.34. The summed E-state index contributed by atoms with van der Waals surface area (Å²) in [6.45, 7) is 0. The normalized spacial score (nSPS) is 10.9. The summed E-state index contributed by atoms with van der Waals surface area (Å²) in [5.41, 5.74) is 2.38. The molecule has 0 amide bonds. The van der Waals surface area contributed by atoms with Gasteiger partial charge in [0.15, 0.2) is 0 Å². The van der Waals surface area contributed by atoms with Crippen molar-refractivity contribution in [3.05, 3.63) is 59.6 Å². The first-order valence-electron chi connectivity index (χ1n) is 5.12. The van der Waals surface area contributed by atoms with Crippen molar-refractivity contribution in [1.29, 1.82) is 0 Å². The highest BCUT2D eigenvalue weighted by Crippen LogP contribution is 2.22. The summed E-state index contributed by atoms with van der Waals surface area (Å²) in [4.78, 5) is 4.25. The van der Waals surface area contributed by atoms with Crippen molar-refractivity contribution in [1.82, 2.24) is 9.38 Å². The third-order valence-corrected chi connectivity index (χ3v) is 2.81. The van der Waals surface area contributed by atoms with Crippen LogP contribution in [0, 0.1) is 5.82 Å². The van der Waals surface area contributed by atoms with E-state index in [-0.39, 0.29) is 5.82 Å². The second-order valence-corrected chi connectivity index (χ2v) is 4.17. The van der Waals surface area contributed by atoms with Crippen LogP contribution in [0.3, 0.4) is 0 Å². The maximum atomic E-state index is 13.2. The Morgan fingerprint density at radius 3 is 2.88 bits per heavy atom. The fraction of sp³-hybridized carbons (Fsp3) is 0. The lowest BCUT2D eigenvalue weighted by atomic mass is 10.1. The highest BCUT2D eigenvalue weighted by molar-refractivity contribution is 6.30. The van der Waals surface area contributed by atoms with Crippen molar-refractivity contribution in [2.45, 2.75) is 0 Å². The standard InChI is InChI=1S/C13H8ClFN2/c14-10-4-5-13-16-7-12(17(13)8-10)9-2-1-3-11(15)6-9/h1-8H. The molecule has 2 nitrogen and oxygen atoms in total. The van der Waals surface area contributed by atoms with Crippen LogP contribution in [0.15, 0.2) is 48.8 Å². The van der Waals surface area contributed by atoms with Gasteiger partial charge in [-0.25, -0.2) is 9.37 Å². The smallest absolute Gasteiger partial charge is 0.137 e. The van der Waals surface area contributed by atoms with Crippen molar-refractivity contribution in [2.24, 2.45) is 0 Å². The third-order valence-electron chi connectivity index (χ3n) is 2.59. The number of benzene rings is 1. The van der Waals surface area contributed by atoms with Crippen LogP contribution in [0.2, 0.25) is 5.02 Å². The van der Waals surface area contributed by atoms with Gasteiger partial charge in [-0.2, -0.15) is 0 Å². The van der Waals surface area contributed by atoms with Gasteiger partial charge in [0.1, 0.15) is 11.5 Å². The zero-order chi connectivity index (χ0) is 11.8. The first-order chi connectivity index (χ1) is 8.24. The summed E-state index contributed by atoms with van der Waals surface area (Å²) < 4.78 is 15.0. The minimum atomic E-state index is -0.264. The Morgan fingerprint density at radius 1 is 1.18 bits per heavy atom. The van der Waals surface area contributed by atoms with Crippen LogP contribution in [0.4, 0.5) is 4.39 Å². The molecular formula is C13H8ClFN2. The van der Waals surface area contributed by atoms with E-state index in [9.17, 15) is 4.39 Å². The molecule has 0 N–H and O–H groups in total. The molecule has 0 spiro atoms. The Hall–Kier alpha value is -1.87. The Morgan fingerprint density at radius 2 is 2.06 bits per heavy atom. The fourth-order valence-electron chi connectivity index (χ4n) is 1.82. The molecule has 84 valence electrons. The first-order valence-corrected chi connectivity index (χ1v) is 5.50. The van der Waals surface area contributed by atoms with Crippen LogP contribution < -0.4 is 0 Å². The van der Waals surface area contributed by atoms with Crippen LogP contribution in [-0.2, 0) is 0 Å². The van der Waals surface area contributed by atoms with Gasteiger partial charge in [0.05, 0.1) is 16.9 Å². The number of hydrogen-bond donors (Lipinski definition) is 0. The van der Waals surface area contributed by atoms with Crippen molar-refractivity contribution >= 4 is 17.2 Å². The van der Waals surface area contributed by atoms with E-state index in [4.69, 9.17) is 11.6 Å². The largest absolute Gasteiger partial charge is 0.298 e. The van der Waals surface area contributed by atoms with Gasteiger partial charge in [-0.3, -0.25) is 4.40 Å². The summed E-state index contributed by atoms with van der Waals surface area (Å²) in [7, 11) is 0. The lowest BCUT2D eigenvalue weighted by molar-refractivity contribution is 0.628. The van der Waals surface area contributed by atoms with Crippen LogP contribution in [0.5, 0.6) is 0 Å². The van der Waals surface area contributed by atoms with Gasteiger partial charge in [0.25, 0.3) is 0 Å². The molecule has 0 atom stereocenters. The molecule has 3 rings (SSSR count). The maximum absolute atomic E-state index is 13.2. The number of fused-ring (bicyclic) bond motifs is 1. The molecule has 17 heavy (non-hydrogen) atoms. The van der Waals surface area contributed by atoms with Crippen LogP contribution in [0.25, 0.3) is 16.9 Å². The number of rotatable bonds is 1. The van der Waals surface area contributed by atoms with E-state index in [2.05, 4.69) is 4.98 Å². The Labute approximate surface area is 102 Å². The lowest BCUT2D eigenvalue weighted by Crippen LogP contribution is -1.88. The number of hydrogen-bond acceptors (Lipinski definition) is 1. The van der Waals surface area contributed by atoms with E-state index in [0.717, 1.165) is 16.9 Å². The van der Waals surface area contributed by atoms with Gasteiger partial charge in [-0.1, -0.05) is 23.7 Å². The van der Waals surface area contributed by atoms with E-state index in [1.165, 1.54) is 12.1 Å². The van der Waals surface area contributed by atoms with Gasteiger partial charge >= 0.3 is 0 Å². The molecule has 0 unspecified atom stereocenters. The average molecular weight is 247 g/mol. The molecule has 0 saturated carbocycles. The second-order valence-electron chi connectivity index (χ2n) is 3.73. The van der Waals surface area contributed by atoms with E-state index in [0.29, 0.717) is 5.02 Å². The zero-order valence-electron chi connectivity index (χ0n) is 8.77. The minimum Gasteiger partial charge on any atom is -0.298 e. The summed E-state index contributed by atoms with van der Waals surface area (Å²) in [5.74, 6) is -0.264. The van der Waals surface area contributed by atoms with Crippen molar-refractivity contribution in [2.75, 3.05) is 0 Å². The summed E-state index contributed by atoms with van der Waals surface area (Å²) in [6.07, 6.45) is 3.48. The molecule has 3 aromatic rings. The van der Waals surface area contributed by atoms with E-state index >= 15 is 0 Å². The highest BCUT2D eigenvalue weighted by Gasteiger charge is 2.06. The molecule has 0 bridgehead atoms. The number of aromatic nitrogens is 2. The SMILES string of the molecule is Fc1cccc(-c2cnc3ccc(Cl)cn23)c1. The molecule has 0 fully saturated rings. The van der Waals surface area contributed by atoms with Gasteiger partial charge in [0.2, 0.25) is 0 Å². The zero-order valence-corrected chi connectivity index (χ0v) is 9.53. The Balaban J connectivity index is 2.27. The number of imidazole rings is 1. The molecule has 1 aromatic carbocycles. The molecule has 0 saturated heterocycles. The van der Waals surface area contributed by atoms with E-state index in [1.54, 1.807) is 24.5 Å². The molecule has 4 heteroatoms. The third kappa shape index (κ3) is 1.78. The molecule has 0 aliphatic heterocycles. The molecule has 0 radical (unpaired) electrons. The van der Waals surface area contributed by atoms with Gasteiger partial charge in [-0.15, -0.1) is 0 Å². The molecule has 2 aromatic heterocycles. The van der Waals surface area contributed by atoms with Crippen LogP contribution in [0.1, 0.15) is 0 Å². The predicted molar refractivity (Wildman–Crippen MR) is 65.6 cm³/mol. The first kappa shape index (κ1) is 10.3. The number of halogens is 2. The lowest BCUT2D eigenvalue weighted by Gasteiger charge is -2.02. The minimum absolute atomic E-state index is 0.264. The fourth-order valence-corrected chi connectivity index (χ4v) is 1.98. The number of pyridine rings is 1. The van der Waals surface area contributed by atoms with Crippen molar-refractivity contribution in [3.8, 4) is 11.3 Å². The van der Waals surface area contributed by atoms with Crippen molar-refractivity contribution in [3.63, 3.8) is 0 Å². The maximum Gasteiger partial charge on any atom is 0.137 e. The quantitative estimate of drug-likeness (QED) is 0.639. The number of nitrogens with zero attached hydrogens (tertiary/aromatic N) is 2. The summed E-state index contributed by atoms with van der Waals surface area (Å²) in [5, 5.41) is 0.619. The van der Waals surface area contributed by atoms with Gasteiger partial charge in [-0.05, 0) is 24.3 Å². The summed E-state index contributed by atoms with van der Waals surface area (Å²) in [6, 6.07) is 10.0. The van der Waals surface area contributed by atoms with E-state index < -0.39 is 0 Å². The molecular weight excluding hydrogens is 239 g/mol. The summed E-state index contributed by atoms with van der Waals surface area (Å²) >= 11 is 5.94. The molecule has 0 aliphatic rings. The highest BCUT2D eigenvalue weighted by atomic mass is 35.5. The monoisotopic (exact) mass is 246 g/mol. The average Bonchev–Trinajstić information content (AvgIpc) is 2.71. The Bertz CT molecular complexity index is 691. The predicted octanol–water partition coefficient (Wildman–Crippen LogP) is 3.79. The van der Waals surface area contributed by atoms with Crippen LogP contribution >= 0.6 is 11.6 Å². The van der Waals surface area contributed by atoms with E-state index in [1.807, 2.05) is 16.5 Å².